The third-order valence-electron chi connectivity index (χ3n) is 1.68. The maximum Gasteiger partial charge on any atom is 0.146 e. The first-order valence-corrected chi connectivity index (χ1v) is 5.99. The minimum atomic E-state index is 0.347. The molecule has 0 atom stereocenters. The fourth-order valence-electron chi connectivity index (χ4n) is 1.01. The molecule has 2 aromatic heterocycles. The van der Waals surface area contributed by atoms with Crippen molar-refractivity contribution < 1.29 is 0 Å². The molecule has 0 radical (unpaired) electrons. The Hall–Kier alpha value is -0.760. The summed E-state index contributed by atoms with van der Waals surface area (Å²) in [5.74, 6) is 0.654. The summed E-state index contributed by atoms with van der Waals surface area (Å²) < 4.78 is 3.69. The van der Waals surface area contributed by atoms with E-state index in [1.165, 1.54) is 6.33 Å². The van der Waals surface area contributed by atoms with Crippen molar-refractivity contribution >= 4 is 45.2 Å². The summed E-state index contributed by atoms with van der Waals surface area (Å²) in [4.78, 5) is 12.0. The molecule has 0 saturated heterocycles. The van der Waals surface area contributed by atoms with Crippen LogP contribution in [0.3, 0.4) is 0 Å². The maximum absolute atomic E-state index is 8.71. The lowest BCUT2D eigenvalue weighted by molar-refractivity contribution is 0.945. The lowest BCUT2D eigenvalue weighted by Crippen LogP contribution is -2.00. The second kappa shape index (κ2) is 4.40. The molecule has 0 amide bonds. The number of halogens is 2. The highest BCUT2D eigenvalue weighted by molar-refractivity contribution is 14.1. The summed E-state index contributed by atoms with van der Waals surface area (Å²) >= 11 is 4.32. The first kappa shape index (κ1) is 10.7. The fraction of sp³-hybridized carbons (Fsp3) is 0. The molecular formula is C8H3I2N5. The second-order valence-corrected chi connectivity index (χ2v) is 4.61. The Morgan fingerprint density at radius 3 is 2.67 bits per heavy atom. The van der Waals surface area contributed by atoms with Crippen LogP contribution in [0.25, 0.3) is 5.82 Å². The van der Waals surface area contributed by atoms with Crippen molar-refractivity contribution in [3.63, 3.8) is 0 Å². The Balaban J connectivity index is 2.55. The zero-order chi connectivity index (χ0) is 10.8. The molecule has 7 heteroatoms. The molecule has 0 saturated carbocycles. The van der Waals surface area contributed by atoms with Gasteiger partial charge in [-0.2, -0.15) is 5.26 Å². The molecule has 5 nitrogen and oxygen atoms in total. The van der Waals surface area contributed by atoms with Gasteiger partial charge in [-0.1, -0.05) is 0 Å². The standard InChI is InChI=1S/C8H3I2N5/c9-7-8(10)15(4-14-7)6-1-5(2-11)12-3-13-6/h1,3-4H. The van der Waals surface area contributed by atoms with Crippen molar-refractivity contribution in [2.75, 3.05) is 0 Å². The highest BCUT2D eigenvalue weighted by atomic mass is 127. The topological polar surface area (TPSA) is 67.4 Å². The van der Waals surface area contributed by atoms with Gasteiger partial charge in [-0.15, -0.1) is 0 Å². The van der Waals surface area contributed by atoms with Crippen molar-refractivity contribution in [1.29, 1.82) is 5.26 Å². The molecule has 0 N–H and O–H groups in total. The van der Waals surface area contributed by atoms with Gasteiger partial charge in [0.1, 0.15) is 37.6 Å². The van der Waals surface area contributed by atoms with E-state index in [1.54, 1.807) is 12.4 Å². The monoisotopic (exact) mass is 423 g/mol. The Bertz CT molecular complexity index is 542. The van der Waals surface area contributed by atoms with Gasteiger partial charge < -0.3 is 0 Å². The first-order chi connectivity index (χ1) is 7.22. The van der Waals surface area contributed by atoms with Gasteiger partial charge in [0.15, 0.2) is 0 Å². The quantitative estimate of drug-likeness (QED) is 0.656. The van der Waals surface area contributed by atoms with Crippen LogP contribution < -0.4 is 0 Å². The molecule has 0 aromatic carbocycles. The van der Waals surface area contributed by atoms with Crippen LogP contribution in [0.15, 0.2) is 18.7 Å². The van der Waals surface area contributed by atoms with E-state index in [2.05, 4.69) is 60.1 Å². The third kappa shape index (κ3) is 2.10. The van der Waals surface area contributed by atoms with E-state index in [4.69, 9.17) is 5.26 Å². The van der Waals surface area contributed by atoms with Crippen molar-refractivity contribution in [1.82, 2.24) is 19.5 Å². The third-order valence-corrected chi connectivity index (χ3v) is 4.53. The van der Waals surface area contributed by atoms with Crippen LogP contribution >= 0.6 is 45.2 Å². The highest BCUT2D eigenvalue weighted by Gasteiger charge is 2.08. The summed E-state index contributed by atoms with van der Waals surface area (Å²) in [6.45, 7) is 0. The van der Waals surface area contributed by atoms with Gasteiger partial charge in [0.05, 0.1) is 0 Å². The van der Waals surface area contributed by atoms with E-state index in [9.17, 15) is 0 Å². The van der Waals surface area contributed by atoms with E-state index < -0.39 is 0 Å². The van der Waals surface area contributed by atoms with Crippen LogP contribution in [0.4, 0.5) is 0 Å². The van der Waals surface area contributed by atoms with E-state index in [1.807, 2.05) is 10.6 Å². The lowest BCUT2D eigenvalue weighted by atomic mass is 10.4. The van der Waals surface area contributed by atoms with E-state index >= 15 is 0 Å². The summed E-state index contributed by atoms with van der Waals surface area (Å²) in [6, 6.07) is 3.60. The maximum atomic E-state index is 8.71. The van der Waals surface area contributed by atoms with Crippen LogP contribution in [-0.4, -0.2) is 19.5 Å². The Morgan fingerprint density at radius 1 is 1.27 bits per heavy atom. The molecule has 0 aliphatic carbocycles. The highest BCUT2D eigenvalue weighted by Crippen LogP contribution is 2.16. The number of nitriles is 1. The minimum absolute atomic E-state index is 0.347. The first-order valence-electron chi connectivity index (χ1n) is 3.83. The Labute approximate surface area is 113 Å². The predicted octanol–water partition coefficient (Wildman–Crippen LogP) is 1.74. The molecular weight excluding hydrogens is 420 g/mol. The van der Waals surface area contributed by atoms with Crippen molar-refractivity contribution in [2.45, 2.75) is 0 Å². The smallest absolute Gasteiger partial charge is 0.146 e. The number of imidazole rings is 1. The summed E-state index contributed by atoms with van der Waals surface area (Å²) in [7, 11) is 0. The summed E-state index contributed by atoms with van der Waals surface area (Å²) in [5, 5.41) is 8.71. The van der Waals surface area contributed by atoms with Crippen LogP contribution in [-0.2, 0) is 0 Å². The number of aromatic nitrogens is 4. The lowest BCUT2D eigenvalue weighted by Gasteiger charge is -2.01. The molecule has 0 unspecified atom stereocenters. The van der Waals surface area contributed by atoms with Gasteiger partial charge in [0, 0.05) is 6.07 Å². The largest absolute Gasteiger partial charge is 0.277 e. The minimum Gasteiger partial charge on any atom is -0.277 e. The van der Waals surface area contributed by atoms with Gasteiger partial charge in [0.25, 0.3) is 0 Å². The van der Waals surface area contributed by atoms with Crippen molar-refractivity contribution in [2.24, 2.45) is 0 Å². The van der Waals surface area contributed by atoms with Crippen LogP contribution in [0, 0.1) is 18.7 Å². The average Bonchev–Trinajstić information content (AvgIpc) is 2.60. The molecule has 0 fully saturated rings. The summed E-state index contributed by atoms with van der Waals surface area (Å²) in [5.41, 5.74) is 0.347. The molecule has 0 bridgehead atoms. The van der Waals surface area contributed by atoms with Gasteiger partial charge >= 0.3 is 0 Å². The fourth-order valence-corrected chi connectivity index (χ4v) is 1.91. The number of rotatable bonds is 1. The second-order valence-electron chi connectivity index (χ2n) is 2.57. The Kier molecular flexibility index (Phi) is 3.15. The number of hydrogen-bond acceptors (Lipinski definition) is 4. The molecule has 2 heterocycles. The predicted molar refractivity (Wildman–Crippen MR) is 69.3 cm³/mol. The van der Waals surface area contributed by atoms with Crippen LogP contribution in [0.1, 0.15) is 5.69 Å². The van der Waals surface area contributed by atoms with Crippen LogP contribution in [0.5, 0.6) is 0 Å². The SMILES string of the molecule is N#Cc1cc(-n2cnc(I)c2I)ncn1. The molecule has 0 aliphatic rings. The normalized spacial score (nSPS) is 9.93. The van der Waals surface area contributed by atoms with Gasteiger partial charge in [0.2, 0.25) is 0 Å². The van der Waals surface area contributed by atoms with E-state index in [0.29, 0.717) is 11.5 Å². The Morgan fingerprint density at radius 2 is 2.07 bits per heavy atom. The summed E-state index contributed by atoms with van der Waals surface area (Å²) in [6.07, 6.45) is 3.05. The van der Waals surface area contributed by atoms with Gasteiger partial charge in [-0.25, -0.2) is 15.0 Å². The van der Waals surface area contributed by atoms with E-state index in [0.717, 1.165) is 7.40 Å². The zero-order valence-electron chi connectivity index (χ0n) is 7.22. The van der Waals surface area contributed by atoms with Crippen molar-refractivity contribution in [3.8, 4) is 11.9 Å². The molecule has 0 aliphatic heterocycles. The van der Waals surface area contributed by atoms with Crippen LogP contribution in [0.2, 0.25) is 0 Å². The molecule has 15 heavy (non-hydrogen) atoms. The van der Waals surface area contributed by atoms with Crippen molar-refractivity contribution in [3.05, 3.63) is 31.8 Å². The number of nitrogens with zero attached hydrogens (tertiary/aromatic N) is 5. The average molecular weight is 423 g/mol. The van der Waals surface area contributed by atoms with Gasteiger partial charge in [-0.3, -0.25) is 4.57 Å². The van der Waals surface area contributed by atoms with Gasteiger partial charge in [-0.05, 0) is 45.2 Å². The number of hydrogen-bond donors (Lipinski definition) is 0. The molecule has 2 rings (SSSR count). The molecule has 0 spiro atoms. The van der Waals surface area contributed by atoms with E-state index in [-0.39, 0.29) is 0 Å². The molecule has 2 aromatic rings. The zero-order valence-corrected chi connectivity index (χ0v) is 11.5. The molecule has 74 valence electrons.